The average Bonchev–Trinajstić information content (AvgIpc) is 3.05. The zero-order chi connectivity index (χ0) is 33.8. The molecule has 0 saturated heterocycles. The van der Waals surface area contributed by atoms with Crippen molar-refractivity contribution in [3.05, 3.63) is 0 Å². The standard InChI is InChI=1S/C38H74O8/c1-5-9-13-23-29-41-37(42-30-24-14-10-6-2)33-45-35(39)27-21-19-17-18-20-22-28-36(40)46-34-38(43-31-25-15-11-7-3)44-32-26-16-12-8-4/h37-38H,5-34H2,1-4H3. The highest BCUT2D eigenvalue weighted by Gasteiger charge is 2.15. The minimum Gasteiger partial charge on any atom is -0.460 e. The Hall–Kier alpha value is -1.22. The van der Waals surface area contributed by atoms with Gasteiger partial charge in [0.25, 0.3) is 0 Å². The number of esters is 2. The summed E-state index contributed by atoms with van der Waals surface area (Å²) in [4.78, 5) is 24.6. The maximum absolute atomic E-state index is 12.3. The fraction of sp³-hybridized carbons (Fsp3) is 0.947. The molecule has 0 saturated carbocycles. The Bertz CT molecular complexity index is 562. The molecule has 0 amide bonds. The van der Waals surface area contributed by atoms with Crippen LogP contribution in [0.15, 0.2) is 0 Å². The molecule has 46 heavy (non-hydrogen) atoms. The SMILES string of the molecule is CCCCCCOC(COC(=O)CCCCCCCCC(=O)OCC(OCCCCCC)OCCCCCC)OCCCCCC. The maximum Gasteiger partial charge on any atom is 0.305 e. The van der Waals surface area contributed by atoms with E-state index in [1.807, 2.05) is 0 Å². The largest absolute Gasteiger partial charge is 0.460 e. The molecule has 274 valence electrons. The van der Waals surface area contributed by atoms with Crippen molar-refractivity contribution >= 4 is 11.9 Å². The average molecular weight is 659 g/mol. The van der Waals surface area contributed by atoms with Crippen molar-refractivity contribution in [2.75, 3.05) is 39.6 Å². The first-order valence-electron chi connectivity index (χ1n) is 19.3. The van der Waals surface area contributed by atoms with Crippen LogP contribution in [0.5, 0.6) is 0 Å². The van der Waals surface area contributed by atoms with Gasteiger partial charge in [0, 0.05) is 39.3 Å². The van der Waals surface area contributed by atoms with Crippen molar-refractivity contribution in [1.29, 1.82) is 0 Å². The molecule has 0 spiro atoms. The predicted octanol–water partition coefficient (Wildman–Crippen LogP) is 10.2. The third-order valence-corrected chi connectivity index (χ3v) is 7.98. The van der Waals surface area contributed by atoms with Crippen LogP contribution >= 0.6 is 0 Å². The molecule has 0 heterocycles. The van der Waals surface area contributed by atoms with Gasteiger partial charge in [0.1, 0.15) is 13.2 Å². The highest BCUT2D eigenvalue weighted by molar-refractivity contribution is 5.69. The highest BCUT2D eigenvalue weighted by Crippen LogP contribution is 2.12. The molecule has 0 aliphatic carbocycles. The molecule has 0 rings (SSSR count). The van der Waals surface area contributed by atoms with E-state index in [9.17, 15) is 9.59 Å². The summed E-state index contributed by atoms with van der Waals surface area (Å²) < 4.78 is 34.5. The number of hydrogen-bond donors (Lipinski definition) is 0. The monoisotopic (exact) mass is 659 g/mol. The smallest absolute Gasteiger partial charge is 0.305 e. The van der Waals surface area contributed by atoms with Crippen LogP contribution in [-0.2, 0) is 38.0 Å². The predicted molar refractivity (Wildman–Crippen MR) is 187 cm³/mol. The second-order valence-corrected chi connectivity index (χ2v) is 12.6. The van der Waals surface area contributed by atoms with Crippen molar-refractivity contribution in [2.45, 2.75) is 194 Å². The van der Waals surface area contributed by atoms with Crippen LogP contribution < -0.4 is 0 Å². The lowest BCUT2D eigenvalue weighted by Gasteiger charge is -2.19. The molecule has 0 aromatic carbocycles. The van der Waals surface area contributed by atoms with Gasteiger partial charge in [-0.25, -0.2) is 0 Å². The number of hydrogen-bond acceptors (Lipinski definition) is 8. The number of carbonyl (C=O) groups excluding carboxylic acids is 2. The molecule has 0 fully saturated rings. The van der Waals surface area contributed by atoms with E-state index in [1.54, 1.807) is 0 Å². The highest BCUT2D eigenvalue weighted by atomic mass is 16.7. The summed E-state index contributed by atoms with van der Waals surface area (Å²) in [6, 6.07) is 0. The normalized spacial score (nSPS) is 11.5. The van der Waals surface area contributed by atoms with Gasteiger partial charge in [-0.15, -0.1) is 0 Å². The Labute approximate surface area is 283 Å². The molecule has 0 N–H and O–H groups in total. The Balaban J connectivity index is 4.04. The van der Waals surface area contributed by atoms with E-state index in [0.29, 0.717) is 39.3 Å². The summed E-state index contributed by atoms with van der Waals surface area (Å²) in [7, 11) is 0. The summed E-state index contributed by atoms with van der Waals surface area (Å²) in [6.07, 6.45) is 23.7. The second-order valence-electron chi connectivity index (χ2n) is 12.6. The Morgan fingerprint density at radius 2 is 0.630 bits per heavy atom. The number of unbranched alkanes of at least 4 members (excludes halogenated alkanes) is 17. The molecular formula is C38H74O8. The molecule has 8 nitrogen and oxygen atoms in total. The summed E-state index contributed by atoms with van der Waals surface area (Å²) in [5, 5.41) is 0. The van der Waals surface area contributed by atoms with Crippen molar-refractivity contribution in [3.63, 3.8) is 0 Å². The van der Waals surface area contributed by atoms with Crippen LogP contribution in [-0.4, -0.2) is 64.2 Å². The minimum atomic E-state index is -0.476. The van der Waals surface area contributed by atoms with Gasteiger partial charge in [0.05, 0.1) is 0 Å². The van der Waals surface area contributed by atoms with Gasteiger partial charge in [-0.3, -0.25) is 9.59 Å². The van der Waals surface area contributed by atoms with Crippen LogP contribution in [0.1, 0.15) is 182 Å². The van der Waals surface area contributed by atoms with Crippen LogP contribution in [0, 0.1) is 0 Å². The van der Waals surface area contributed by atoms with Crippen molar-refractivity contribution in [2.24, 2.45) is 0 Å². The molecule has 0 bridgehead atoms. The lowest BCUT2D eigenvalue weighted by atomic mass is 10.1. The fourth-order valence-corrected chi connectivity index (χ4v) is 4.98. The van der Waals surface area contributed by atoms with Gasteiger partial charge < -0.3 is 28.4 Å². The zero-order valence-electron chi connectivity index (χ0n) is 30.6. The van der Waals surface area contributed by atoms with Crippen LogP contribution in [0.2, 0.25) is 0 Å². The fourth-order valence-electron chi connectivity index (χ4n) is 4.98. The lowest BCUT2D eigenvalue weighted by molar-refractivity contribution is -0.183. The van der Waals surface area contributed by atoms with Gasteiger partial charge in [-0.05, 0) is 38.5 Å². The molecule has 0 aromatic heterocycles. The second kappa shape index (κ2) is 36.6. The van der Waals surface area contributed by atoms with E-state index < -0.39 is 12.6 Å². The molecule has 8 heteroatoms. The van der Waals surface area contributed by atoms with E-state index in [0.717, 1.165) is 89.9 Å². The van der Waals surface area contributed by atoms with Gasteiger partial charge in [-0.1, -0.05) is 130 Å². The van der Waals surface area contributed by atoms with Crippen molar-refractivity contribution < 1.29 is 38.0 Å². The Morgan fingerprint density at radius 1 is 0.370 bits per heavy atom. The molecule has 0 aromatic rings. The minimum absolute atomic E-state index is 0.160. The first-order chi connectivity index (χ1) is 22.6. The van der Waals surface area contributed by atoms with E-state index in [-0.39, 0.29) is 25.2 Å². The van der Waals surface area contributed by atoms with Gasteiger partial charge in [0.2, 0.25) is 0 Å². The number of ether oxygens (including phenoxy) is 6. The Kier molecular flexibility index (Phi) is 35.6. The number of rotatable bonds is 37. The van der Waals surface area contributed by atoms with E-state index in [2.05, 4.69) is 27.7 Å². The van der Waals surface area contributed by atoms with Gasteiger partial charge in [0.15, 0.2) is 12.6 Å². The first-order valence-corrected chi connectivity index (χ1v) is 19.3. The first kappa shape index (κ1) is 44.8. The number of carbonyl (C=O) groups is 2. The summed E-state index contributed by atoms with van der Waals surface area (Å²) >= 11 is 0. The van der Waals surface area contributed by atoms with Crippen LogP contribution in [0.25, 0.3) is 0 Å². The third-order valence-electron chi connectivity index (χ3n) is 7.98. The maximum atomic E-state index is 12.3. The molecular weight excluding hydrogens is 584 g/mol. The van der Waals surface area contributed by atoms with Gasteiger partial charge >= 0.3 is 11.9 Å². The lowest BCUT2D eigenvalue weighted by Crippen LogP contribution is -2.26. The van der Waals surface area contributed by atoms with E-state index in [1.165, 1.54) is 51.4 Å². The van der Waals surface area contributed by atoms with Crippen LogP contribution in [0.3, 0.4) is 0 Å². The Morgan fingerprint density at radius 3 is 0.913 bits per heavy atom. The third kappa shape index (κ3) is 32.7. The quantitative estimate of drug-likeness (QED) is 0.0370. The summed E-state index contributed by atoms with van der Waals surface area (Å²) in [5.41, 5.74) is 0. The van der Waals surface area contributed by atoms with Crippen LogP contribution in [0.4, 0.5) is 0 Å². The summed E-state index contributed by atoms with van der Waals surface area (Å²) in [5.74, 6) is -0.379. The molecule has 0 aliphatic rings. The van der Waals surface area contributed by atoms with Crippen molar-refractivity contribution in [3.8, 4) is 0 Å². The van der Waals surface area contributed by atoms with E-state index >= 15 is 0 Å². The molecule has 0 aliphatic heterocycles. The van der Waals surface area contributed by atoms with Gasteiger partial charge in [-0.2, -0.15) is 0 Å². The summed E-state index contributed by atoms with van der Waals surface area (Å²) in [6.45, 7) is 11.6. The zero-order valence-corrected chi connectivity index (χ0v) is 30.6. The molecule has 0 atom stereocenters. The molecule has 0 radical (unpaired) electrons. The topological polar surface area (TPSA) is 89.5 Å². The molecule has 0 unspecified atom stereocenters. The van der Waals surface area contributed by atoms with E-state index in [4.69, 9.17) is 28.4 Å². The van der Waals surface area contributed by atoms with Crippen molar-refractivity contribution in [1.82, 2.24) is 0 Å².